The normalized spacial score (nSPS) is 14.6. The molecule has 1 fully saturated rings. The van der Waals surface area contributed by atoms with Gasteiger partial charge in [-0.15, -0.1) is 0 Å². The van der Waals surface area contributed by atoms with E-state index in [1.165, 1.54) is 4.90 Å². The van der Waals surface area contributed by atoms with E-state index in [4.69, 9.17) is 15.9 Å². The van der Waals surface area contributed by atoms with Gasteiger partial charge in [0.25, 0.3) is 0 Å². The Kier molecular flexibility index (Phi) is 4.89. The van der Waals surface area contributed by atoms with Crippen molar-refractivity contribution in [3.63, 3.8) is 0 Å². The number of nitrogen functional groups attached to an aromatic ring is 1. The Morgan fingerprint density at radius 3 is 2.43 bits per heavy atom. The monoisotopic (exact) mass is 290 g/mol. The van der Waals surface area contributed by atoms with Gasteiger partial charge in [-0.05, 0) is 5.56 Å². The summed E-state index contributed by atoms with van der Waals surface area (Å²) in [5, 5.41) is 10.4. The van der Waals surface area contributed by atoms with Gasteiger partial charge in [0, 0.05) is 31.7 Å². The molecule has 1 heterocycles. The number of piperazine rings is 1. The summed E-state index contributed by atoms with van der Waals surface area (Å²) in [6.07, 6.45) is -0.586. The predicted molar refractivity (Wildman–Crippen MR) is 77.1 cm³/mol. The van der Waals surface area contributed by atoms with E-state index >= 15 is 0 Å². The average Bonchev–Trinajstić information content (AvgIpc) is 2.48. The first-order valence-electron chi connectivity index (χ1n) is 6.70. The predicted octanol–water partition coefficient (Wildman–Crippen LogP) is 0.0816. The number of rotatable bonds is 3. The standard InChI is InChI=1S/C14H18N4O3/c15-13(16)11-3-1-10(2-4-11)9-12(19)21-14(20)18-7-5-17-6-8-18/h1-4,17H,5-9H2,(H3,15,16). The number of carbonyl (C=O) groups excluding carboxylic acids is 2. The topological polar surface area (TPSA) is 109 Å². The zero-order valence-electron chi connectivity index (χ0n) is 11.6. The van der Waals surface area contributed by atoms with Gasteiger partial charge in [0.1, 0.15) is 5.84 Å². The third-order valence-corrected chi connectivity index (χ3v) is 3.19. The number of amides is 1. The summed E-state index contributed by atoms with van der Waals surface area (Å²) < 4.78 is 4.82. The Balaban J connectivity index is 1.86. The number of amidine groups is 1. The van der Waals surface area contributed by atoms with Crippen LogP contribution in [-0.4, -0.2) is 49.0 Å². The van der Waals surface area contributed by atoms with Gasteiger partial charge < -0.3 is 20.7 Å². The summed E-state index contributed by atoms with van der Waals surface area (Å²) in [6, 6.07) is 6.69. The number of nitrogens with one attached hydrogen (secondary N) is 2. The minimum Gasteiger partial charge on any atom is -0.384 e. The molecule has 1 aliphatic heterocycles. The maximum absolute atomic E-state index is 11.8. The molecule has 1 aromatic rings. The first-order valence-corrected chi connectivity index (χ1v) is 6.70. The molecule has 0 radical (unpaired) electrons. The molecule has 0 aromatic heterocycles. The van der Waals surface area contributed by atoms with Gasteiger partial charge in [-0.1, -0.05) is 24.3 Å². The molecule has 0 bridgehead atoms. The Labute approximate surface area is 122 Å². The van der Waals surface area contributed by atoms with Crippen LogP contribution in [0.25, 0.3) is 0 Å². The average molecular weight is 290 g/mol. The fourth-order valence-electron chi connectivity index (χ4n) is 2.01. The molecule has 7 nitrogen and oxygen atoms in total. The molecule has 112 valence electrons. The highest BCUT2D eigenvalue weighted by Gasteiger charge is 2.20. The quantitative estimate of drug-likeness (QED) is 0.316. The minimum atomic E-state index is -0.596. The van der Waals surface area contributed by atoms with Crippen molar-refractivity contribution in [2.45, 2.75) is 6.42 Å². The van der Waals surface area contributed by atoms with Crippen molar-refractivity contribution in [1.82, 2.24) is 10.2 Å². The van der Waals surface area contributed by atoms with Gasteiger partial charge in [0.2, 0.25) is 0 Å². The molecular formula is C14H18N4O3. The van der Waals surface area contributed by atoms with Crippen LogP contribution in [0.5, 0.6) is 0 Å². The van der Waals surface area contributed by atoms with E-state index < -0.39 is 12.1 Å². The zero-order chi connectivity index (χ0) is 15.2. The number of nitrogens with zero attached hydrogens (tertiary/aromatic N) is 1. The molecule has 0 unspecified atom stereocenters. The SMILES string of the molecule is N=C(N)c1ccc(CC(=O)OC(=O)N2CCNCC2)cc1. The summed E-state index contributed by atoms with van der Waals surface area (Å²) in [5.41, 5.74) is 6.64. The van der Waals surface area contributed by atoms with Crippen LogP contribution in [0.4, 0.5) is 4.79 Å². The van der Waals surface area contributed by atoms with Gasteiger partial charge in [0.15, 0.2) is 0 Å². The number of nitrogens with two attached hydrogens (primary N) is 1. The molecule has 0 aliphatic carbocycles. The van der Waals surface area contributed by atoms with Crippen molar-refractivity contribution < 1.29 is 14.3 Å². The molecule has 21 heavy (non-hydrogen) atoms. The number of hydrogen-bond donors (Lipinski definition) is 3. The molecule has 1 amide bonds. The second kappa shape index (κ2) is 6.85. The lowest BCUT2D eigenvalue weighted by atomic mass is 10.1. The fraction of sp³-hybridized carbons (Fsp3) is 0.357. The Morgan fingerprint density at radius 1 is 1.24 bits per heavy atom. The lowest BCUT2D eigenvalue weighted by molar-refractivity contribution is -0.137. The van der Waals surface area contributed by atoms with E-state index in [1.54, 1.807) is 24.3 Å². The summed E-state index contributed by atoms with van der Waals surface area (Å²) in [4.78, 5) is 25.0. The van der Waals surface area contributed by atoms with Crippen molar-refractivity contribution in [1.29, 1.82) is 5.41 Å². The second-order valence-corrected chi connectivity index (χ2v) is 4.76. The molecule has 0 atom stereocenters. The van der Waals surface area contributed by atoms with Crippen LogP contribution in [0.2, 0.25) is 0 Å². The smallest absolute Gasteiger partial charge is 0.384 e. The van der Waals surface area contributed by atoms with Crippen LogP contribution >= 0.6 is 0 Å². The van der Waals surface area contributed by atoms with E-state index in [1.807, 2.05) is 0 Å². The van der Waals surface area contributed by atoms with Crippen LogP contribution in [0.1, 0.15) is 11.1 Å². The largest absolute Gasteiger partial charge is 0.417 e. The van der Waals surface area contributed by atoms with Gasteiger partial charge in [0.05, 0.1) is 6.42 Å². The summed E-state index contributed by atoms with van der Waals surface area (Å²) >= 11 is 0. The van der Waals surface area contributed by atoms with Crippen LogP contribution < -0.4 is 11.1 Å². The van der Waals surface area contributed by atoms with Crippen molar-refractivity contribution in [3.05, 3.63) is 35.4 Å². The third kappa shape index (κ3) is 4.28. The Morgan fingerprint density at radius 2 is 1.86 bits per heavy atom. The van der Waals surface area contributed by atoms with Gasteiger partial charge in [-0.3, -0.25) is 10.2 Å². The van der Waals surface area contributed by atoms with Gasteiger partial charge >= 0.3 is 12.1 Å². The third-order valence-electron chi connectivity index (χ3n) is 3.19. The molecule has 0 spiro atoms. The van der Waals surface area contributed by atoms with Crippen molar-refractivity contribution in [3.8, 4) is 0 Å². The molecule has 1 aliphatic rings. The molecule has 4 N–H and O–H groups in total. The molecule has 1 saturated heterocycles. The highest BCUT2D eigenvalue weighted by molar-refractivity contribution is 5.95. The highest BCUT2D eigenvalue weighted by atomic mass is 16.6. The first-order chi connectivity index (χ1) is 10.1. The van der Waals surface area contributed by atoms with Crippen molar-refractivity contribution in [2.75, 3.05) is 26.2 Å². The molecule has 2 rings (SSSR count). The molecule has 7 heteroatoms. The maximum Gasteiger partial charge on any atom is 0.417 e. The van der Waals surface area contributed by atoms with Crippen molar-refractivity contribution in [2.24, 2.45) is 5.73 Å². The van der Waals surface area contributed by atoms with E-state index in [0.717, 1.165) is 0 Å². The van der Waals surface area contributed by atoms with E-state index in [9.17, 15) is 9.59 Å². The van der Waals surface area contributed by atoms with Crippen LogP contribution in [0.3, 0.4) is 0 Å². The van der Waals surface area contributed by atoms with Gasteiger partial charge in [-0.25, -0.2) is 4.79 Å². The number of carbonyl (C=O) groups is 2. The fourth-order valence-corrected chi connectivity index (χ4v) is 2.01. The summed E-state index contributed by atoms with van der Waals surface area (Å²) in [7, 11) is 0. The zero-order valence-corrected chi connectivity index (χ0v) is 11.6. The Bertz CT molecular complexity index is 536. The van der Waals surface area contributed by atoms with Crippen molar-refractivity contribution >= 4 is 17.9 Å². The molecular weight excluding hydrogens is 272 g/mol. The summed E-state index contributed by atoms with van der Waals surface area (Å²) in [5.74, 6) is -0.618. The van der Waals surface area contributed by atoms with E-state index in [0.29, 0.717) is 37.3 Å². The number of esters is 1. The van der Waals surface area contributed by atoms with Crippen LogP contribution in [0, 0.1) is 5.41 Å². The molecule has 0 saturated carbocycles. The number of ether oxygens (including phenoxy) is 1. The first kappa shape index (κ1) is 15.0. The summed E-state index contributed by atoms with van der Waals surface area (Å²) in [6.45, 7) is 2.49. The van der Waals surface area contributed by atoms with Gasteiger partial charge in [-0.2, -0.15) is 0 Å². The van der Waals surface area contributed by atoms with Crippen LogP contribution in [-0.2, 0) is 16.0 Å². The minimum absolute atomic E-state index is 0.00994. The van der Waals surface area contributed by atoms with Crippen LogP contribution in [0.15, 0.2) is 24.3 Å². The second-order valence-electron chi connectivity index (χ2n) is 4.76. The van der Waals surface area contributed by atoms with E-state index in [-0.39, 0.29) is 12.3 Å². The number of benzene rings is 1. The van der Waals surface area contributed by atoms with E-state index in [2.05, 4.69) is 5.32 Å². The lowest BCUT2D eigenvalue weighted by Gasteiger charge is -2.25. The highest BCUT2D eigenvalue weighted by Crippen LogP contribution is 2.06. The molecule has 1 aromatic carbocycles. The number of hydrogen-bond acceptors (Lipinski definition) is 5. The Hall–Kier alpha value is -2.41. The lowest BCUT2D eigenvalue weighted by Crippen LogP contribution is -2.47. The maximum atomic E-state index is 11.8.